The molecule has 0 atom stereocenters. The summed E-state index contributed by atoms with van der Waals surface area (Å²) in [5, 5.41) is 0. The van der Waals surface area contributed by atoms with E-state index >= 15 is 0 Å². The summed E-state index contributed by atoms with van der Waals surface area (Å²) in [6, 6.07) is 0. The van der Waals surface area contributed by atoms with Crippen molar-refractivity contribution >= 4 is 5.82 Å². The summed E-state index contributed by atoms with van der Waals surface area (Å²) in [6.07, 6.45) is -1.58. The summed E-state index contributed by atoms with van der Waals surface area (Å²) >= 11 is 0. The molecule has 1 heterocycles. The van der Waals surface area contributed by atoms with Gasteiger partial charge in [0.2, 0.25) is 0 Å². The van der Waals surface area contributed by atoms with Crippen molar-refractivity contribution in [3.05, 3.63) is 11.8 Å². The van der Waals surface area contributed by atoms with Crippen LogP contribution in [-0.2, 0) is 0 Å². The molecule has 6 heteroatoms. The van der Waals surface area contributed by atoms with Gasteiger partial charge in [-0.15, -0.1) is 0 Å². The Morgan fingerprint density at radius 2 is 2.00 bits per heavy atom. The molecule has 0 saturated heterocycles. The van der Waals surface area contributed by atoms with Crippen molar-refractivity contribution < 1.29 is 18.3 Å². The van der Waals surface area contributed by atoms with Gasteiger partial charge in [0.25, 0.3) is 6.43 Å². The van der Waals surface area contributed by atoms with E-state index in [0.29, 0.717) is 0 Å². The van der Waals surface area contributed by atoms with E-state index in [4.69, 9.17) is 15.2 Å². The third kappa shape index (κ3) is 1.68. The van der Waals surface area contributed by atoms with Crippen LogP contribution in [0.4, 0.5) is 14.6 Å². The van der Waals surface area contributed by atoms with Crippen LogP contribution in [0.1, 0.15) is 12.0 Å². The topological polar surface area (TPSA) is 57.4 Å². The van der Waals surface area contributed by atoms with E-state index in [-0.39, 0.29) is 22.9 Å². The minimum Gasteiger partial charge on any atom is -0.494 e. The Labute approximate surface area is 79.6 Å². The van der Waals surface area contributed by atoms with Crippen molar-refractivity contribution in [3.8, 4) is 11.5 Å². The summed E-state index contributed by atoms with van der Waals surface area (Å²) in [6.45, 7) is 0. The Morgan fingerprint density at radius 3 is 2.43 bits per heavy atom. The monoisotopic (exact) mass is 204 g/mol. The highest BCUT2D eigenvalue weighted by Crippen LogP contribution is 2.38. The standard InChI is InChI=1S/C8H10F2N2O2/c1-13-4-3-12-8(11)6(14-2)5(4)7(9)10/h3,7H,1-2H3,(H2,11,12). The molecule has 0 unspecified atom stereocenters. The molecular formula is C8H10F2N2O2. The number of nitrogens with two attached hydrogens (primary N) is 1. The average Bonchev–Trinajstić information content (AvgIpc) is 2.17. The van der Waals surface area contributed by atoms with E-state index in [1.54, 1.807) is 0 Å². The van der Waals surface area contributed by atoms with Crippen LogP contribution in [0.5, 0.6) is 11.5 Å². The number of halogens is 2. The number of anilines is 1. The van der Waals surface area contributed by atoms with Crippen LogP contribution in [0.2, 0.25) is 0 Å². The first-order valence-corrected chi connectivity index (χ1v) is 3.76. The number of rotatable bonds is 3. The van der Waals surface area contributed by atoms with E-state index in [1.165, 1.54) is 14.2 Å². The number of nitrogen functional groups attached to an aromatic ring is 1. The molecule has 0 bridgehead atoms. The normalized spacial score (nSPS) is 10.4. The van der Waals surface area contributed by atoms with Gasteiger partial charge in [-0.1, -0.05) is 0 Å². The first-order chi connectivity index (χ1) is 6.61. The second kappa shape index (κ2) is 4.08. The Hall–Kier alpha value is -1.59. The van der Waals surface area contributed by atoms with Gasteiger partial charge in [-0.25, -0.2) is 13.8 Å². The van der Waals surface area contributed by atoms with Crippen LogP contribution >= 0.6 is 0 Å². The molecule has 1 aromatic heterocycles. The number of nitrogens with zero attached hydrogens (tertiary/aromatic N) is 1. The lowest BCUT2D eigenvalue weighted by atomic mass is 10.2. The molecular weight excluding hydrogens is 194 g/mol. The van der Waals surface area contributed by atoms with Gasteiger partial charge in [0.1, 0.15) is 11.3 Å². The third-order valence-electron chi connectivity index (χ3n) is 1.71. The largest absolute Gasteiger partial charge is 0.494 e. The molecule has 0 aliphatic rings. The summed E-state index contributed by atoms with van der Waals surface area (Å²) < 4.78 is 34.7. The maximum Gasteiger partial charge on any atom is 0.271 e. The third-order valence-corrected chi connectivity index (χ3v) is 1.71. The van der Waals surface area contributed by atoms with Crippen molar-refractivity contribution in [1.82, 2.24) is 4.98 Å². The van der Waals surface area contributed by atoms with Crippen LogP contribution < -0.4 is 15.2 Å². The SMILES string of the molecule is COc1cnc(N)c(OC)c1C(F)F. The number of alkyl halides is 2. The Morgan fingerprint density at radius 1 is 1.36 bits per heavy atom. The van der Waals surface area contributed by atoms with E-state index in [9.17, 15) is 8.78 Å². The molecule has 0 saturated carbocycles. The van der Waals surface area contributed by atoms with Crippen LogP contribution in [0.25, 0.3) is 0 Å². The number of hydrogen-bond acceptors (Lipinski definition) is 4. The molecule has 14 heavy (non-hydrogen) atoms. The number of hydrogen-bond donors (Lipinski definition) is 1. The maximum absolute atomic E-state index is 12.6. The van der Waals surface area contributed by atoms with E-state index in [1.807, 2.05) is 0 Å². The zero-order valence-electron chi connectivity index (χ0n) is 7.75. The lowest BCUT2D eigenvalue weighted by Crippen LogP contribution is -2.03. The molecule has 0 spiro atoms. The first-order valence-electron chi connectivity index (χ1n) is 3.76. The quantitative estimate of drug-likeness (QED) is 0.812. The zero-order valence-corrected chi connectivity index (χ0v) is 7.75. The zero-order chi connectivity index (χ0) is 10.7. The fourth-order valence-corrected chi connectivity index (χ4v) is 1.09. The Balaban J connectivity index is 3.36. The number of methoxy groups -OCH3 is 2. The molecule has 0 aliphatic carbocycles. The van der Waals surface area contributed by atoms with Crippen molar-refractivity contribution in [2.75, 3.05) is 20.0 Å². The molecule has 2 N–H and O–H groups in total. The van der Waals surface area contributed by atoms with Crippen LogP contribution in [0.15, 0.2) is 6.20 Å². The molecule has 0 aliphatic heterocycles. The fourth-order valence-electron chi connectivity index (χ4n) is 1.09. The van der Waals surface area contributed by atoms with Crippen LogP contribution in [0, 0.1) is 0 Å². The predicted molar refractivity (Wildman–Crippen MR) is 46.7 cm³/mol. The number of ether oxygens (including phenoxy) is 2. The van der Waals surface area contributed by atoms with E-state index < -0.39 is 6.43 Å². The van der Waals surface area contributed by atoms with Gasteiger partial charge in [-0.2, -0.15) is 0 Å². The molecule has 0 aromatic carbocycles. The Kier molecular flexibility index (Phi) is 3.06. The average molecular weight is 204 g/mol. The molecule has 1 rings (SSSR count). The minimum atomic E-state index is -2.72. The highest BCUT2D eigenvalue weighted by molar-refractivity contribution is 5.56. The number of pyridine rings is 1. The number of aromatic nitrogens is 1. The van der Waals surface area contributed by atoms with Gasteiger partial charge >= 0.3 is 0 Å². The van der Waals surface area contributed by atoms with Gasteiger partial charge in [0, 0.05) is 0 Å². The smallest absolute Gasteiger partial charge is 0.271 e. The Bertz CT molecular complexity index is 331. The molecule has 1 aromatic rings. The van der Waals surface area contributed by atoms with Gasteiger partial charge in [-0.05, 0) is 0 Å². The second-order valence-corrected chi connectivity index (χ2v) is 2.46. The van der Waals surface area contributed by atoms with Crippen LogP contribution in [-0.4, -0.2) is 19.2 Å². The fraction of sp³-hybridized carbons (Fsp3) is 0.375. The van der Waals surface area contributed by atoms with Gasteiger partial charge < -0.3 is 15.2 Å². The lowest BCUT2D eigenvalue weighted by molar-refractivity contribution is 0.142. The van der Waals surface area contributed by atoms with Crippen molar-refractivity contribution in [3.63, 3.8) is 0 Å². The first kappa shape index (κ1) is 10.5. The summed E-state index contributed by atoms with van der Waals surface area (Å²) in [5.41, 5.74) is 5.00. The van der Waals surface area contributed by atoms with Crippen molar-refractivity contribution in [2.45, 2.75) is 6.43 Å². The van der Waals surface area contributed by atoms with E-state index in [2.05, 4.69) is 4.98 Å². The second-order valence-electron chi connectivity index (χ2n) is 2.46. The minimum absolute atomic E-state index is 0.0361. The van der Waals surface area contributed by atoms with Gasteiger partial charge in [-0.3, -0.25) is 0 Å². The highest BCUT2D eigenvalue weighted by Gasteiger charge is 2.22. The molecule has 4 nitrogen and oxygen atoms in total. The molecule has 0 radical (unpaired) electrons. The molecule has 0 fully saturated rings. The summed E-state index contributed by atoms with van der Waals surface area (Å²) in [5.74, 6) is -0.256. The van der Waals surface area contributed by atoms with Crippen LogP contribution in [0.3, 0.4) is 0 Å². The predicted octanol–water partition coefficient (Wildman–Crippen LogP) is 1.62. The molecule has 0 amide bonds. The van der Waals surface area contributed by atoms with Gasteiger partial charge in [0.15, 0.2) is 11.6 Å². The maximum atomic E-state index is 12.6. The molecule has 78 valence electrons. The van der Waals surface area contributed by atoms with E-state index in [0.717, 1.165) is 6.20 Å². The van der Waals surface area contributed by atoms with Gasteiger partial charge in [0.05, 0.1) is 20.4 Å². The summed E-state index contributed by atoms with van der Waals surface area (Å²) in [7, 11) is 2.53. The highest BCUT2D eigenvalue weighted by atomic mass is 19.3. The summed E-state index contributed by atoms with van der Waals surface area (Å²) in [4.78, 5) is 3.66. The lowest BCUT2D eigenvalue weighted by Gasteiger charge is -2.12. The van der Waals surface area contributed by atoms with Crippen molar-refractivity contribution in [2.24, 2.45) is 0 Å². The van der Waals surface area contributed by atoms with Crippen molar-refractivity contribution in [1.29, 1.82) is 0 Å².